The Balaban J connectivity index is 1.87. The monoisotopic (exact) mass is 457 g/mol. The second-order valence-corrected chi connectivity index (χ2v) is 8.71. The quantitative estimate of drug-likeness (QED) is 0.235. The minimum Gasteiger partial charge on any atom is -0.461 e. The zero-order chi connectivity index (χ0) is 24.2. The Bertz CT molecular complexity index is 1200. The SMILES string of the molecule is CCOC(=O)c1cc(-c2ccc(N)cc2)c(C(=N)C(C)C)c(Nc2cccc(N3CCC3)c2)n1. The summed E-state index contributed by atoms with van der Waals surface area (Å²) in [6.45, 7) is 8.06. The highest BCUT2D eigenvalue weighted by atomic mass is 16.5. The van der Waals surface area contributed by atoms with E-state index in [-0.39, 0.29) is 18.2 Å². The standard InChI is InChI=1S/C27H31N5O2/c1-4-34-27(33)23-16-22(18-9-11-19(28)12-10-18)24(25(29)17(2)3)26(31-23)30-20-7-5-8-21(15-20)32-13-6-14-32/h5,7-12,15-17,29H,4,6,13-14,28H2,1-3H3,(H,30,31). The van der Waals surface area contributed by atoms with Crippen LogP contribution in [-0.2, 0) is 4.74 Å². The lowest BCUT2D eigenvalue weighted by Gasteiger charge is -2.33. The number of anilines is 4. The number of esters is 1. The lowest BCUT2D eigenvalue weighted by atomic mass is 9.91. The number of benzene rings is 2. The fourth-order valence-electron chi connectivity index (χ4n) is 3.89. The Hall–Kier alpha value is -3.87. The van der Waals surface area contributed by atoms with Gasteiger partial charge in [-0.25, -0.2) is 9.78 Å². The van der Waals surface area contributed by atoms with E-state index in [1.807, 2.05) is 50.2 Å². The van der Waals surface area contributed by atoms with Gasteiger partial charge in [0.15, 0.2) is 5.69 Å². The molecule has 0 radical (unpaired) electrons. The molecule has 7 nitrogen and oxygen atoms in total. The van der Waals surface area contributed by atoms with Gasteiger partial charge >= 0.3 is 5.97 Å². The summed E-state index contributed by atoms with van der Waals surface area (Å²) in [5.41, 5.74) is 11.4. The van der Waals surface area contributed by atoms with Gasteiger partial charge in [-0.05, 0) is 66.8 Å². The Kier molecular flexibility index (Phi) is 6.82. The molecule has 34 heavy (non-hydrogen) atoms. The maximum Gasteiger partial charge on any atom is 0.357 e. The molecule has 3 aromatic rings. The molecule has 0 atom stereocenters. The summed E-state index contributed by atoms with van der Waals surface area (Å²) in [4.78, 5) is 19.6. The number of nitrogen functional groups attached to an aromatic ring is 1. The number of ether oxygens (including phenoxy) is 1. The first kappa shape index (κ1) is 23.3. The molecule has 176 valence electrons. The van der Waals surface area contributed by atoms with Crippen molar-refractivity contribution in [3.63, 3.8) is 0 Å². The molecule has 1 aliphatic rings. The lowest BCUT2D eigenvalue weighted by molar-refractivity contribution is 0.0519. The van der Waals surface area contributed by atoms with E-state index in [1.165, 1.54) is 6.42 Å². The Morgan fingerprint density at radius 2 is 1.91 bits per heavy atom. The van der Waals surface area contributed by atoms with Gasteiger partial charge in [0.2, 0.25) is 0 Å². The molecule has 0 unspecified atom stereocenters. The Labute approximate surface area is 200 Å². The summed E-state index contributed by atoms with van der Waals surface area (Å²) >= 11 is 0. The van der Waals surface area contributed by atoms with Crippen molar-refractivity contribution in [2.24, 2.45) is 5.92 Å². The van der Waals surface area contributed by atoms with E-state index in [9.17, 15) is 4.79 Å². The van der Waals surface area contributed by atoms with Gasteiger partial charge in [0.1, 0.15) is 5.82 Å². The molecule has 1 saturated heterocycles. The molecule has 0 amide bonds. The number of hydrogen-bond donors (Lipinski definition) is 3. The van der Waals surface area contributed by atoms with Gasteiger partial charge in [-0.2, -0.15) is 0 Å². The van der Waals surface area contributed by atoms with Gasteiger partial charge in [0, 0.05) is 41.4 Å². The first-order valence-electron chi connectivity index (χ1n) is 11.7. The van der Waals surface area contributed by atoms with Crippen molar-refractivity contribution in [1.29, 1.82) is 5.41 Å². The van der Waals surface area contributed by atoms with E-state index in [4.69, 9.17) is 15.9 Å². The minimum absolute atomic E-state index is 0.0456. The summed E-state index contributed by atoms with van der Waals surface area (Å²) in [7, 11) is 0. The van der Waals surface area contributed by atoms with Crippen LogP contribution in [0.5, 0.6) is 0 Å². The molecule has 2 aromatic carbocycles. The highest BCUT2D eigenvalue weighted by Crippen LogP contribution is 2.34. The van der Waals surface area contributed by atoms with Crippen molar-refractivity contribution in [2.75, 3.05) is 35.6 Å². The van der Waals surface area contributed by atoms with Crippen molar-refractivity contribution >= 4 is 34.6 Å². The fourth-order valence-corrected chi connectivity index (χ4v) is 3.89. The number of aromatic nitrogens is 1. The predicted octanol–water partition coefficient (Wildman–Crippen LogP) is 5.49. The van der Waals surface area contributed by atoms with Gasteiger partial charge in [0.05, 0.1) is 6.61 Å². The highest BCUT2D eigenvalue weighted by molar-refractivity contribution is 6.10. The number of carbonyl (C=O) groups excluding carboxylic acids is 1. The number of nitrogens with two attached hydrogens (primary N) is 1. The van der Waals surface area contributed by atoms with Crippen molar-refractivity contribution in [1.82, 2.24) is 4.98 Å². The van der Waals surface area contributed by atoms with Crippen LogP contribution in [0.1, 0.15) is 43.2 Å². The van der Waals surface area contributed by atoms with Crippen LogP contribution in [0.4, 0.5) is 22.9 Å². The van der Waals surface area contributed by atoms with Crippen molar-refractivity contribution in [3.8, 4) is 11.1 Å². The normalized spacial score (nSPS) is 12.9. The predicted molar refractivity (Wildman–Crippen MR) is 138 cm³/mol. The average molecular weight is 458 g/mol. The molecule has 2 heterocycles. The molecule has 7 heteroatoms. The highest BCUT2D eigenvalue weighted by Gasteiger charge is 2.23. The first-order valence-corrected chi connectivity index (χ1v) is 11.7. The van der Waals surface area contributed by atoms with E-state index in [1.54, 1.807) is 13.0 Å². The summed E-state index contributed by atoms with van der Waals surface area (Å²) in [5.74, 6) is -0.0909. The molecular weight excluding hydrogens is 426 g/mol. The zero-order valence-corrected chi connectivity index (χ0v) is 19.9. The molecule has 0 aliphatic carbocycles. The van der Waals surface area contributed by atoms with Crippen molar-refractivity contribution < 1.29 is 9.53 Å². The van der Waals surface area contributed by atoms with Crippen molar-refractivity contribution in [2.45, 2.75) is 27.2 Å². The van der Waals surface area contributed by atoms with Crippen LogP contribution in [0.25, 0.3) is 11.1 Å². The van der Waals surface area contributed by atoms with Gasteiger partial charge in [-0.1, -0.05) is 32.0 Å². The van der Waals surface area contributed by atoms with E-state index < -0.39 is 5.97 Å². The second kappa shape index (κ2) is 9.95. The lowest BCUT2D eigenvalue weighted by Crippen LogP contribution is -2.36. The molecule has 1 aromatic heterocycles. The topological polar surface area (TPSA) is 104 Å². The van der Waals surface area contributed by atoms with Crippen LogP contribution >= 0.6 is 0 Å². The van der Waals surface area contributed by atoms with Crippen LogP contribution in [0.3, 0.4) is 0 Å². The number of hydrogen-bond acceptors (Lipinski definition) is 7. The molecule has 1 fully saturated rings. The van der Waals surface area contributed by atoms with Crippen LogP contribution in [0, 0.1) is 11.3 Å². The third-order valence-corrected chi connectivity index (χ3v) is 5.90. The van der Waals surface area contributed by atoms with Gasteiger partial charge < -0.3 is 26.1 Å². The van der Waals surface area contributed by atoms with Crippen molar-refractivity contribution in [3.05, 3.63) is 65.9 Å². The van der Waals surface area contributed by atoms with Gasteiger partial charge in [-0.3, -0.25) is 0 Å². The van der Waals surface area contributed by atoms with Crippen LogP contribution in [0.2, 0.25) is 0 Å². The van der Waals surface area contributed by atoms with E-state index in [0.717, 1.165) is 35.6 Å². The first-order chi connectivity index (χ1) is 16.4. The molecule has 1 aliphatic heterocycles. The second-order valence-electron chi connectivity index (χ2n) is 8.71. The number of carbonyl (C=O) groups is 1. The fraction of sp³-hybridized carbons (Fsp3) is 0.296. The van der Waals surface area contributed by atoms with Gasteiger partial charge in [-0.15, -0.1) is 0 Å². The third-order valence-electron chi connectivity index (χ3n) is 5.90. The molecule has 0 saturated carbocycles. The minimum atomic E-state index is -0.501. The Morgan fingerprint density at radius 3 is 2.53 bits per heavy atom. The maximum absolute atomic E-state index is 12.7. The summed E-state index contributed by atoms with van der Waals surface area (Å²) in [5, 5.41) is 12.3. The molecule has 0 spiro atoms. The Morgan fingerprint density at radius 1 is 1.18 bits per heavy atom. The molecule has 4 rings (SSSR count). The van der Waals surface area contributed by atoms with Gasteiger partial charge in [0.25, 0.3) is 0 Å². The largest absolute Gasteiger partial charge is 0.461 e. The summed E-state index contributed by atoms with van der Waals surface area (Å²) in [6, 6.07) is 17.2. The van der Waals surface area contributed by atoms with E-state index in [0.29, 0.717) is 22.8 Å². The third kappa shape index (κ3) is 4.88. The summed E-state index contributed by atoms with van der Waals surface area (Å²) in [6.07, 6.45) is 1.20. The molecular formula is C27H31N5O2. The molecule has 4 N–H and O–H groups in total. The van der Waals surface area contributed by atoms with Crippen LogP contribution in [-0.4, -0.2) is 36.4 Å². The number of rotatable bonds is 8. The maximum atomic E-state index is 12.7. The number of pyridine rings is 1. The van der Waals surface area contributed by atoms with E-state index in [2.05, 4.69) is 27.3 Å². The van der Waals surface area contributed by atoms with Crippen LogP contribution in [0.15, 0.2) is 54.6 Å². The molecule has 0 bridgehead atoms. The number of nitrogens with one attached hydrogen (secondary N) is 2. The average Bonchev–Trinajstić information content (AvgIpc) is 2.78. The smallest absolute Gasteiger partial charge is 0.357 e. The van der Waals surface area contributed by atoms with E-state index >= 15 is 0 Å². The van der Waals surface area contributed by atoms with Crippen LogP contribution < -0.4 is 16.0 Å². The summed E-state index contributed by atoms with van der Waals surface area (Å²) < 4.78 is 5.25. The number of nitrogens with zero attached hydrogens (tertiary/aromatic N) is 2. The zero-order valence-electron chi connectivity index (χ0n) is 19.9.